The largest absolute Gasteiger partial charge is 0.481 e. The van der Waals surface area contributed by atoms with Gasteiger partial charge >= 0.3 is 5.97 Å². The van der Waals surface area contributed by atoms with E-state index >= 15 is 0 Å². The predicted octanol–water partition coefficient (Wildman–Crippen LogP) is 3.20. The number of nitrogens with one attached hydrogen (secondary N) is 1. The van der Waals surface area contributed by atoms with Gasteiger partial charge in [0, 0.05) is 19.6 Å². The molecule has 1 aromatic carbocycles. The fourth-order valence-electron chi connectivity index (χ4n) is 3.10. The summed E-state index contributed by atoms with van der Waals surface area (Å²) in [6.45, 7) is 12.0. The first kappa shape index (κ1) is 23.1. The van der Waals surface area contributed by atoms with Gasteiger partial charge in [0.1, 0.15) is 5.25 Å². The summed E-state index contributed by atoms with van der Waals surface area (Å²) in [5.41, 5.74) is 2.17. The summed E-state index contributed by atoms with van der Waals surface area (Å²) in [6.07, 6.45) is 1.39. The Morgan fingerprint density at radius 2 is 1.83 bits per heavy atom. The number of benzene rings is 1. The molecule has 0 aliphatic carbocycles. The Kier molecular flexibility index (Phi) is 8.85. The summed E-state index contributed by atoms with van der Waals surface area (Å²) in [4.78, 5) is 24.9. The van der Waals surface area contributed by atoms with E-state index in [1.165, 1.54) is 5.56 Å². The van der Waals surface area contributed by atoms with Crippen LogP contribution in [0.3, 0.4) is 0 Å². The molecule has 1 atom stereocenters. The van der Waals surface area contributed by atoms with E-state index in [1.807, 2.05) is 12.1 Å². The van der Waals surface area contributed by atoms with Crippen molar-refractivity contribution in [3.63, 3.8) is 0 Å². The SMILES string of the molecule is CC(C)CN(Cc1ccc(C=NN=C2NC(=O)C(CC(=O)O)S2)cc1)CC(C)C. The van der Waals surface area contributed by atoms with Gasteiger partial charge in [-0.15, -0.1) is 5.10 Å². The quantitative estimate of drug-likeness (QED) is 0.449. The molecule has 1 unspecified atom stereocenters. The summed E-state index contributed by atoms with van der Waals surface area (Å²) < 4.78 is 0. The van der Waals surface area contributed by atoms with Crippen molar-refractivity contribution in [2.75, 3.05) is 13.1 Å². The average Bonchev–Trinajstić information content (AvgIpc) is 2.94. The maximum absolute atomic E-state index is 11.7. The van der Waals surface area contributed by atoms with E-state index in [9.17, 15) is 9.59 Å². The molecular formula is C21H30N4O3S. The molecule has 0 aromatic heterocycles. The van der Waals surface area contributed by atoms with Gasteiger partial charge in [-0.1, -0.05) is 63.7 Å². The maximum atomic E-state index is 11.7. The lowest BCUT2D eigenvalue weighted by Crippen LogP contribution is -2.30. The Bertz CT molecular complexity index is 750. The number of amidine groups is 1. The average molecular weight is 419 g/mol. The number of aliphatic carboxylic acids is 1. The molecule has 1 aromatic rings. The van der Waals surface area contributed by atoms with Crippen LogP contribution in [0.1, 0.15) is 45.2 Å². The Labute approximate surface area is 176 Å². The van der Waals surface area contributed by atoms with Crippen LogP contribution in [0.5, 0.6) is 0 Å². The van der Waals surface area contributed by atoms with Crippen molar-refractivity contribution in [3.8, 4) is 0 Å². The third-order valence-electron chi connectivity index (χ3n) is 4.12. The first-order chi connectivity index (χ1) is 13.7. The second kappa shape index (κ2) is 11.1. The second-order valence-electron chi connectivity index (χ2n) is 8.07. The van der Waals surface area contributed by atoms with Gasteiger partial charge < -0.3 is 10.4 Å². The second-order valence-corrected chi connectivity index (χ2v) is 9.26. The van der Waals surface area contributed by atoms with E-state index < -0.39 is 11.2 Å². The number of rotatable bonds is 10. The molecular weight excluding hydrogens is 388 g/mol. The molecule has 1 aliphatic rings. The van der Waals surface area contributed by atoms with Gasteiger partial charge in [-0.05, 0) is 23.0 Å². The van der Waals surface area contributed by atoms with Crippen LogP contribution < -0.4 is 5.32 Å². The van der Waals surface area contributed by atoms with Crippen LogP contribution >= 0.6 is 11.8 Å². The highest BCUT2D eigenvalue weighted by Crippen LogP contribution is 2.22. The minimum Gasteiger partial charge on any atom is -0.481 e. The van der Waals surface area contributed by atoms with E-state index in [2.05, 4.69) is 60.2 Å². The topological polar surface area (TPSA) is 94.4 Å². The van der Waals surface area contributed by atoms with E-state index in [-0.39, 0.29) is 12.3 Å². The molecule has 2 N–H and O–H groups in total. The van der Waals surface area contributed by atoms with Crippen LogP contribution in [-0.2, 0) is 16.1 Å². The summed E-state index contributed by atoms with van der Waals surface area (Å²) in [6, 6.07) is 8.18. The van der Waals surface area contributed by atoms with Crippen molar-refractivity contribution in [3.05, 3.63) is 35.4 Å². The number of thioether (sulfide) groups is 1. The predicted molar refractivity (Wildman–Crippen MR) is 118 cm³/mol. The maximum Gasteiger partial charge on any atom is 0.305 e. The van der Waals surface area contributed by atoms with Crippen molar-refractivity contribution in [2.24, 2.45) is 22.0 Å². The molecule has 8 heteroatoms. The van der Waals surface area contributed by atoms with Crippen LogP contribution in [0.25, 0.3) is 0 Å². The van der Waals surface area contributed by atoms with Crippen LogP contribution in [0, 0.1) is 11.8 Å². The number of carbonyl (C=O) groups is 2. The Hall–Kier alpha value is -2.19. The Balaban J connectivity index is 1.93. The number of carboxylic acids is 1. The molecule has 0 radical (unpaired) electrons. The zero-order chi connectivity index (χ0) is 21.4. The number of hydrogen-bond acceptors (Lipinski definition) is 6. The smallest absolute Gasteiger partial charge is 0.305 e. The highest BCUT2D eigenvalue weighted by atomic mass is 32.2. The van der Waals surface area contributed by atoms with E-state index in [1.54, 1.807) is 6.21 Å². The van der Waals surface area contributed by atoms with Crippen LogP contribution in [0.4, 0.5) is 0 Å². The lowest BCUT2D eigenvalue weighted by Gasteiger charge is -2.26. The zero-order valence-corrected chi connectivity index (χ0v) is 18.3. The van der Waals surface area contributed by atoms with Gasteiger partial charge in [-0.25, -0.2) is 0 Å². The summed E-state index contributed by atoms with van der Waals surface area (Å²) >= 11 is 1.09. The monoisotopic (exact) mass is 418 g/mol. The fourth-order valence-corrected chi connectivity index (χ4v) is 4.01. The molecule has 0 saturated carbocycles. The third kappa shape index (κ3) is 8.37. The molecule has 29 heavy (non-hydrogen) atoms. The number of nitrogens with zero attached hydrogens (tertiary/aromatic N) is 3. The normalized spacial score (nSPS) is 18.5. The lowest BCUT2D eigenvalue weighted by molar-refractivity contribution is -0.138. The minimum atomic E-state index is -1.01. The summed E-state index contributed by atoms with van der Waals surface area (Å²) in [7, 11) is 0. The summed E-state index contributed by atoms with van der Waals surface area (Å²) in [5.74, 6) is -0.0995. The van der Waals surface area contributed by atoms with Crippen LogP contribution in [0.15, 0.2) is 34.5 Å². The van der Waals surface area contributed by atoms with Crippen molar-refractivity contribution in [1.29, 1.82) is 0 Å². The molecule has 7 nitrogen and oxygen atoms in total. The van der Waals surface area contributed by atoms with E-state index in [4.69, 9.17) is 5.11 Å². The first-order valence-electron chi connectivity index (χ1n) is 9.84. The standard InChI is InChI=1S/C21H30N4O3S/c1-14(2)11-25(12-15(3)4)13-17-7-5-16(6-8-17)10-22-24-21-23-20(28)18(29-21)9-19(26)27/h5-8,10,14-15,18H,9,11-13H2,1-4H3,(H,26,27)(H,23,24,28). The van der Waals surface area contributed by atoms with Gasteiger partial charge in [-0.3, -0.25) is 14.5 Å². The number of amides is 1. The highest BCUT2D eigenvalue weighted by Gasteiger charge is 2.32. The van der Waals surface area contributed by atoms with Crippen molar-refractivity contribution in [1.82, 2.24) is 10.2 Å². The van der Waals surface area contributed by atoms with Gasteiger partial charge in [-0.2, -0.15) is 5.10 Å². The highest BCUT2D eigenvalue weighted by molar-refractivity contribution is 8.15. The van der Waals surface area contributed by atoms with Gasteiger partial charge in [0.15, 0.2) is 5.17 Å². The van der Waals surface area contributed by atoms with E-state index in [0.29, 0.717) is 17.0 Å². The molecule has 1 amide bonds. The van der Waals surface area contributed by atoms with Crippen molar-refractivity contribution < 1.29 is 14.7 Å². The van der Waals surface area contributed by atoms with Crippen molar-refractivity contribution in [2.45, 2.75) is 45.9 Å². The van der Waals surface area contributed by atoms with Crippen LogP contribution in [-0.4, -0.2) is 51.6 Å². The molecule has 158 valence electrons. The van der Waals surface area contributed by atoms with E-state index in [0.717, 1.165) is 37.0 Å². The molecule has 0 bridgehead atoms. The van der Waals surface area contributed by atoms with Gasteiger partial charge in [0.25, 0.3) is 0 Å². The lowest BCUT2D eigenvalue weighted by atomic mass is 10.1. The molecule has 0 spiro atoms. The fraction of sp³-hybridized carbons (Fsp3) is 0.524. The zero-order valence-electron chi connectivity index (χ0n) is 17.5. The number of carbonyl (C=O) groups excluding carboxylic acids is 1. The number of hydrogen-bond donors (Lipinski definition) is 2. The molecule has 1 saturated heterocycles. The molecule has 2 rings (SSSR count). The Morgan fingerprint density at radius 1 is 1.21 bits per heavy atom. The Morgan fingerprint density at radius 3 is 2.38 bits per heavy atom. The molecule has 1 heterocycles. The minimum absolute atomic E-state index is 0.231. The summed E-state index contributed by atoms with van der Waals surface area (Å²) in [5, 5.41) is 19.0. The molecule has 1 aliphatic heterocycles. The van der Waals surface area contributed by atoms with Crippen LogP contribution in [0.2, 0.25) is 0 Å². The van der Waals surface area contributed by atoms with Gasteiger partial charge in [0.05, 0.1) is 12.6 Å². The van der Waals surface area contributed by atoms with Crippen molar-refractivity contribution >= 4 is 35.0 Å². The third-order valence-corrected chi connectivity index (χ3v) is 5.20. The van der Waals surface area contributed by atoms with Gasteiger partial charge in [0.2, 0.25) is 5.91 Å². The molecule has 1 fully saturated rings. The first-order valence-corrected chi connectivity index (χ1v) is 10.7. The number of carboxylic acid groups (broad SMARTS) is 1.